The molecule has 0 bridgehead atoms. The Labute approximate surface area is 114 Å². The first-order valence-electron chi connectivity index (χ1n) is 7.07. The van der Waals surface area contributed by atoms with Crippen LogP contribution in [0.25, 0.3) is 10.1 Å². The minimum Gasteiger partial charge on any atom is -0.317 e. The number of nitrogens with one attached hydrogen (secondary N) is 1. The quantitative estimate of drug-likeness (QED) is 0.684. The summed E-state index contributed by atoms with van der Waals surface area (Å²) >= 11 is 1.88. The lowest BCUT2D eigenvalue weighted by molar-refractivity contribution is 0.599. The highest BCUT2D eigenvalue weighted by Crippen LogP contribution is 2.26. The Morgan fingerprint density at radius 3 is 2.78 bits per heavy atom. The van der Waals surface area contributed by atoms with E-state index >= 15 is 0 Å². The second kappa shape index (κ2) is 7.55. The Morgan fingerprint density at radius 2 is 1.89 bits per heavy atom. The van der Waals surface area contributed by atoms with Gasteiger partial charge in [0.1, 0.15) is 0 Å². The van der Waals surface area contributed by atoms with E-state index in [4.69, 9.17) is 0 Å². The third-order valence-electron chi connectivity index (χ3n) is 3.36. The summed E-state index contributed by atoms with van der Waals surface area (Å²) in [4.78, 5) is 0. The van der Waals surface area contributed by atoms with Gasteiger partial charge in [0, 0.05) is 4.70 Å². The molecule has 1 heterocycles. The summed E-state index contributed by atoms with van der Waals surface area (Å²) < 4.78 is 1.43. The van der Waals surface area contributed by atoms with Crippen LogP contribution in [0.4, 0.5) is 0 Å². The predicted molar refractivity (Wildman–Crippen MR) is 82.5 cm³/mol. The van der Waals surface area contributed by atoms with Crippen molar-refractivity contribution in [1.29, 1.82) is 0 Å². The van der Waals surface area contributed by atoms with Gasteiger partial charge in [-0.25, -0.2) is 0 Å². The summed E-state index contributed by atoms with van der Waals surface area (Å²) in [5, 5.41) is 7.18. The molecule has 0 aliphatic heterocycles. The van der Waals surface area contributed by atoms with Gasteiger partial charge in [-0.05, 0) is 54.7 Å². The second-order valence-electron chi connectivity index (χ2n) is 4.77. The molecule has 0 unspecified atom stereocenters. The van der Waals surface area contributed by atoms with Crippen LogP contribution in [0.15, 0.2) is 29.6 Å². The lowest BCUT2D eigenvalue weighted by Crippen LogP contribution is -2.13. The van der Waals surface area contributed by atoms with Crippen molar-refractivity contribution in [2.75, 3.05) is 13.1 Å². The Kier molecular flexibility index (Phi) is 5.69. The Bertz CT molecular complexity index is 461. The van der Waals surface area contributed by atoms with Gasteiger partial charge in [-0.2, -0.15) is 0 Å². The molecule has 2 heteroatoms. The van der Waals surface area contributed by atoms with Crippen molar-refractivity contribution in [2.45, 2.75) is 39.0 Å². The van der Waals surface area contributed by atoms with E-state index in [0.29, 0.717) is 0 Å². The van der Waals surface area contributed by atoms with Crippen LogP contribution < -0.4 is 5.32 Å². The summed E-state index contributed by atoms with van der Waals surface area (Å²) in [6, 6.07) is 8.75. The highest BCUT2D eigenvalue weighted by Gasteiger charge is 2.02. The molecule has 0 amide bonds. The molecule has 2 aromatic rings. The number of hydrogen-bond acceptors (Lipinski definition) is 2. The van der Waals surface area contributed by atoms with Crippen LogP contribution in [0.2, 0.25) is 0 Å². The van der Waals surface area contributed by atoms with Crippen molar-refractivity contribution in [3.63, 3.8) is 0 Å². The average Bonchev–Trinajstić information content (AvgIpc) is 2.81. The van der Waals surface area contributed by atoms with Gasteiger partial charge in [0.2, 0.25) is 0 Å². The van der Waals surface area contributed by atoms with Gasteiger partial charge in [-0.1, -0.05) is 38.0 Å². The van der Waals surface area contributed by atoms with Crippen LogP contribution >= 0.6 is 11.3 Å². The summed E-state index contributed by atoms with van der Waals surface area (Å²) in [7, 11) is 0. The van der Waals surface area contributed by atoms with Crippen molar-refractivity contribution in [2.24, 2.45) is 0 Å². The molecule has 0 aliphatic rings. The summed E-state index contributed by atoms with van der Waals surface area (Å²) in [6.07, 6.45) is 6.60. The van der Waals surface area contributed by atoms with Crippen LogP contribution in [0.1, 0.15) is 38.2 Å². The molecule has 1 aromatic heterocycles. The smallest absolute Gasteiger partial charge is 0.0345 e. The molecule has 98 valence electrons. The maximum Gasteiger partial charge on any atom is 0.0345 e. The summed E-state index contributed by atoms with van der Waals surface area (Å²) in [5.41, 5.74) is 1.54. The van der Waals surface area contributed by atoms with E-state index in [1.807, 2.05) is 11.3 Å². The maximum atomic E-state index is 3.38. The summed E-state index contributed by atoms with van der Waals surface area (Å²) in [5.74, 6) is 0. The number of unbranched alkanes of at least 4 members (excludes halogenated alkanes) is 3. The van der Waals surface area contributed by atoms with Gasteiger partial charge in [-0.15, -0.1) is 11.3 Å². The number of fused-ring (bicyclic) bond motifs is 1. The van der Waals surface area contributed by atoms with E-state index in [-0.39, 0.29) is 0 Å². The molecule has 18 heavy (non-hydrogen) atoms. The normalized spacial score (nSPS) is 11.2. The first-order valence-corrected chi connectivity index (χ1v) is 7.95. The first-order chi connectivity index (χ1) is 8.92. The van der Waals surface area contributed by atoms with Crippen LogP contribution in [0.3, 0.4) is 0 Å². The zero-order valence-electron chi connectivity index (χ0n) is 11.2. The van der Waals surface area contributed by atoms with E-state index < -0.39 is 0 Å². The van der Waals surface area contributed by atoms with Crippen molar-refractivity contribution < 1.29 is 0 Å². The minimum absolute atomic E-state index is 1.10. The number of rotatable bonds is 8. The van der Waals surface area contributed by atoms with Crippen LogP contribution in [-0.4, -0.2) is 13.1 Å². The highest BCUT2D eigenvalue weighted by atomic mass is 32.1. The van der Waals surface area contributed by atoms with Gasteiger partial charge in [0.15, 0.2) is 0 Å². The van der Waals surface area contributed by atoms with Gasteiger partial charge >= 0.3 is 0 Å². The van der Waals surface area contributed by atoms with Crippen molar-refractivity contribution in [3.05, 3.63) is 35.2 Å². The van der Waals surface area contributed by atoms with Crippen molar-refractivity contribution in [1.82, 2.24) is 5.32 Å². The van der Waals surface area contributed by atoms with E-state index in [2.05, 4.69) is 41.9 Å². The van der Waals surface area contributed by atoms with Crippen molar-refractivity contribution in [3.8, 4) is 0 Å². The molecule has 1 aromatic carbocycles. The van der Waals surface area contributed by atoms with E-state index in [1.54, 1.807) is 5.56 Å². The zero-order valence-corrected chi connectivity index (χ0v) is 12.1. The number of benzene rings is 1. The van der Waals surface area contributed by atoms with Crippen molar-refractivity contribution >= 4 is 21.4 Å². The SMILES string of the molecule is CCNCCCCCCc1csc2ccccc12. The topological polar surface area (TPSA) is 12.0 Å². The van der Waals surface area contributed by atoms with Crippen LogP contribution in [-0.2, 0) is 6.42 Å². The molecule has 0 fully saturated rings. The Balaban J connectivity index is 1.70. The number of aryl methyl sites for hydroxylation is 1. The van der Waals surface area contributed by atoms with Gasteiger partial charge in [-0.3, -0.25) is 0 Å². The molecular weight excluding hydrogens is 238 g/mol. The second-order valence-corrected chi connectivity index (χ2v) is 5.69. The largest absolute Gasteiger partial charge is 0.317 e. The molecule has 0 aliphatic carbocycles. The van der Waals surface area contributed by atoms with Crippen LogP contribution in [0, 0.1) is 0 Å². The van der Waals surface area contributed by atoms with Crippen LogP contribution in [0.5, 0.6) is 0 Å². The molecule has 0 spiro atoms. The lowest BCUT2D eigenvalue weighted by Gasteiger charge is -2.02. The van der Waals surface area contributed by atoms with Gasteiger partial charge in [0.25, 0.3) is 0 Å². The third-order valence-corrected chi connectivity index (χ3v) is 4.37. The Morgan fingerprint density at radius 1 is 1.06 bits per heavy atom. The van der Waals surface area contributed by atoms with E-state index in [0.717, 1.165) is 6.54 Å². The lowest BCUT2D eigenvalue weighted by atomic mass is 10.1. The van der Waals surface area contributed by atoms with Gasteiger partial charge in [0.05, 0.1) is 0 Å². The first kappa shape index (κ1) is 13.6. The standard InChI is InChI=1S/C16H23NS/c1-2-17-12-8-4-3-5-9-14-13-18-16-11-7-6-10-15(14)16/h6-7,10-11,13,17H,2-5,8-9,12H2,1H3. The van der Waals surface area contributed by atoms with Gasteiger partial charge < -0.3 is 5.32 Å². The third kappa shape index (κ3) is 3.82. The van der Waals surface area contributed by atoms with E-state index in [1.165, 1.54) is 48.7 Å². The summed E-state index contributed by atoms with van der Waals surface area (Å²) in [6.45, 7) is 4.44. The highest BCUT2D eigenvalue weighted by molar-refractivity contribution is 7.17. The monoisotopic (exact) mass is 261 g/mol. The number of thiophene rings is 1. The minimum atomic E-state index is 1.10. The predicted octanol–water partition coefficient (Wildman–Crippen LogP) is 4.61. The molecule has 0 saturated carbocycles. The average molecular weight is 261 g/mol. The fraction of sp³-hybridized carbons (Fsp3) is 0.500. The number of hydrogen-bond donors (Lipinski definition) is 1. The molecular formula is C16H23NS. The zero-order chi connectivity index (χ0) is 12.6. The fourth-order valence-corrected chi connectivity index (χ4v) is 3.32. The fourth-order valence-electron chi connectivity index (χ4n) is 2.32. The maximum absolute atomic E-state index is 3.38. The molecule has 1 nitrogen and oxygen atoms in total. The molecule has 0 radical (unpaired) electrons. The molecule has 2 rings (SSSR count). The molecule has 0 saturated heterocycles. The Hall–Kier alpha value is -0.860. The van der Waals surface area contributed by atoms with E-state index in [9.17, 15) is 0 Å². The molecule has 0 atom stereocenters. The molecule has 1 N–H and O–H groups in total.